The molecule has 1 aromatic heterocycles. The van der Waals surface area contributed by atoms with Crippen molar-refractivity contribution < 1.29 is 14.3 Å². The quantitative estimate of drug-likeness (QED) is 0.358. The van der Waals surface area contributed by atoms with Gasteiger partial charge >= 0.3 is 0 Å². The molecule has 2 heterocycles. The number of thioether (sulfide) groups is 1. The molecule has 1 aliphatic heterocycles. The van der Waals surface area contributed by atoms with Crippen molar-refractivity contribution in [2.75, 3.05) is 19.5 Å². The first-order valence-corrected chi connectivity index (χ1v) is 11.6. The summed E-state index contributed by atoms with van der Waals surface area (Å²) in [7, 11) is 1.65. The van der Waals surface area contributed by atoms with Crippen molar-refractivity contribution in [3.8, 4) is 17.1 Å². The Morgan fingerprint density at radius 2 is 1.94 bits per heavy atom. The van der Waals surface area contributed by atoms with E-state index < -0.39 is 0 Å². The molecular weight excluding hydrogens is 410 g/mol. The highest BCUT2D eigenvalue weighted by molar-refractivity contribution is 7.99. The molecule has 4 rings (SSSR count). The Bertz CT molecular complexity index is 1010. The van der Waals surface area contributed by atoms with Gasteiger partial charge in [-0.25, -0.2) is 0 Å². The van der Waals surface area contributed by atoms with E-state index in [-0.39, 0.29) is 11.9 Å². The first-order chi connectivity index (χ1) is 15.2. The van der Waals surface area contributed by atoms with E-state index in [4.69, 9.17) is 9.47 Å². The fraction of sp³-hybridized carbons (Fsp3) is 0.375. The summed E-state index contributed by atoms with van der Waals surface area (Å²) in [5.41, 5.74) is 2.91. The normalized spacial score (nSPS) is 15.9. The Balaban J connectivity index is 1.54. The molecule has 0 bridgehead atoms. The molecule has 1 atom stereocenters. The summed E-state index contributed by atoms with van der Waals surface area (Å²) in [5.74, 6) is 1.98. The second-order valence-corrected chi connectivity index (χ2v) is 8.49. The first kappa shape index (κ1) is 21.6. The van der Waals surface area contributed by atoms with Gasteiger partial charge in [-0.15, -0.1) is 10.2 Å². The lowest BCUT2D eigenvalue weighted by Gasteiger charge is -2.15. The zero-order valence-electron chi connectivity index (χ0n) is 17.9. The number of aromatic nitrogens is 3. The molecule has 0 saturated carbocycles. The minimum Gasteiger partial charge on any atom is -0.497 e. The monoisotopic (exact) mass is 437 g/mol. The van der Waals surface area contributed by atoms with Gasteiger partial charge in [0.1, 0.15) is 5.75 Å². The fourth-order valence-corrected chi connectivity index (χ4v) is 4.49. The van der Waals surface area contributed by atoms with Crippen LogP contribution >= 0.6 is 11.8 Å². The molecule has 31 heavy (non-hydrogen) atoms. The molecule has 2 aromatic carbocycles. The van der Waals surface area contributed by atoms with Gasteiger partial charge in [0.25, 0.3) is 0 Å². The van der Waals surface area contributed by atoms with Crippen molar-refractivity contribution in [1.82, 2.24) is 14.8 Å². The largest absolute Gasteiger partial charge is 0.497 e. The highest BCUT2D eigenvalue weighted by atomic mass is 32.2. The zero-order chi connectivity index (χ0) is 21.6. The minimum absolute atomic E-state index is 0.0883. The molecule has 1 saturated heterocycles. The molecular formula is C24H27N3O3S. The third-order valence-electron chi connectivity index (χ3n) is 5.49. The Hall–Kier alpha value is -2.64. The van der Waals surface area contributed by atoms with Gasteiger partial charge in [-0.1, -0.05) is 43.0 Å². The Kier molecular flexibility index (Phi) is 7.04. The Labute approximate surface area is 187 Å². The lowest BCUT2D eigenvalue weighted by Crippen LogP contribution is -2.17. The number of hydrogen-bond donors (Lipinski definition) is 0. The number of carbonyl (C=O) groups excluding carboxylic acids is 1. The molecule has 0 amide bonds. The molecule has 0 N–H and O–H groups in total. The fourth-order valence-electron chi connectivity index (χ4n) is 3.65. The van der Waals surface area contributed by atoms with E-state index in [0.717, 1.165) is 53.7 Å². The number of benzene rings is 2. The Morgan fingerprint density at radius 1 is 1.16 bits per heavy atom. The Morgan fingerprint density at radius 3 is 2.58 bits per heavy atom. The van der Waals surface area contributed by atoms with Crippen LogP contribution in [0, 0.1) is 0 Å². The minimum atomic E-state index is 0.0883. The van der Waals surface area contributed by atoms with Crippen LogP contribution in [0.2, 0.25) is 0 Å². The number of methoxy groups -OCH3 is 1. The van der Waals surface area contributed by atoms with E-state index in [2.05, 4.69) is 21.7 Å². The maximum Gasteiger partial charge on any atom is 0.192 e. The van der Waals surface area contributed by atoms with E-state index in [9.17, 15) is 4.79 Å². The van der Waals surface area contributed by atoms with E-state index in [1.807, 2.05) is 48.5 Å². The average Bonchev–Trinajstić information content (AvgIpc) is 3.48. The number of carbonyl (C=O) groups is 1. The first-order valence-electron chi connectivity index (χ1n) is 10.6. The average molecular weight is 438 g/mol. The summed E-state index contributed by atoms with van der Waals surface area (Å²) in [5, 5.41) is 9.58. The molecule has 1 fully saturated rings. The van der Waals surface area contributed by atoms with Crippen molar-refractivity contribution in [2.45, 2.75) is 44.0 Å². The van der Waals surface area contributed by atoms with E-state index in [0.29, 0.717) is 12.3 Å². The van der Waals surface area contributed by atoms with Crippen LogP contribution in [-0.4, -0.2) is 46.1 Å². The van der Waals surface area contributed by atoms with Crippen LogP contribution in [-0.2, 0) is 17.7 Å². The molecule has 1 unspecified atom stereocenters. The van der Waals surface area contributed by atoms with Crippen LogP contribution in [0.15, 0.2) is 53.7 Å². The maximum atomic E-state index is 12.7. The number of hydrogen-bond acceptors (Lipinski definition) is 6. The zero-order valence-corrected chi connectivity index (χ0v) is 18.7. The van der Waals surface area contributed by atoms with Crippen molar-refractivity contribution in [3.05, 3.63) is 59.7 Å². The lowest BCUT2D eigenvalue weighted by atomic mass is 10.1. The van der Waals surface area contributed by atoms with Crippen LogP contribution in [0.5, 0.6) is 5.75 Å². The summed E-state index contributed by atoms with van der Waals surface area (Å²) < 4.78 is 13.2. The van der Waals surface area contributed by atoms with E-state index >= 15 is 0 Å². The predicted octanol–water partition coefficient (Wildman–Crippen LogP) is 4.67. The van der Waals surface area contributed by atoms with Gasteiger partial charge in [0.2, 0.25) is 0 Å². The molecule has 0 spiro atoms. The maximum absolute atomic E-state index is 12.7. The van der Waals surface area contributed by atoms with Gasteiger partial charge in [-0.3, -0.25) is 9.36 Å². The predicted molar refractivity (Wildman–Crippen MR) is 122 cm³/mol. The third-order valence-corrected chi connectivity index (χ3v) is 6.46. The summed E-state index contributed by atoms with van der Waals surface area (Å²) in [6, 6.07) is 15.6. The molecule has 0 aliphatic carbocycles. The third kappa shape index (κ3) is 5.17. The lowest BCUT2D eigenvalue weighted by molar-refractivity contribution is 0.0953. The summed E-state index contributed by atoms with van der Waals surface area (Å²) in [6.45, 7) is 3.57. The smallest absolute Gasteiger partial charge is 0.192 e. The highest BCUT2D eigenvalue weighted by Gasteiger charge is 2.22. The number of aryl methyl sites for hydroxylation is 1. The standard InChI is InChI=1S/C24H27N3O3S/c1-3-17-6-8-18(9-7-17)22(28)16-31-24-26-25-23(19-10-12-20(29-2)13-11-19)27(24)15-21-5-4-14-30-21/h6-13,21H,3-5,14-16H2,1-2H3. The van der Waals surface area contributed by atoms with Crippen LogP contribution < -0.4 is 4.74 Å². The van der Waals surface area contributed by atoms with Crippen molar-refractivity contribution in [3.63, 3.8) is 0 Å². The molecule has 0 radical (unpaired) electrons. The van der Waals surface area contributed by atoms with Gasteiger partial charge in [0.05, 0.1) is 25.5 Å². The van der Waals surface area contributed by atoms with Crippen LogP contribution in [0.4, 0.5) is 0 Å². The van der Waals surface area contributed by atoms with Gasteiger partial charge < -0.3 is 9.47 Å². The summed E-state index contributed by atoms with van der Waals surface area (Å²) in [4.78, 5) is 12.7. The molecule has 6 nitrogen and oxygen atoms in total. The van der Waals surface area contributed by atoms with Crippen molar-refractivity contribution in [2.24, 2.45) is 0 Å². The van der Waals surface area contributed by atoms with Gasteiger partial charge in [0.15, 0.2) is 16.8 Å². The topological polar surface area (TPSA) is 66.2 Å². The number of rotatable bonds is 9. The van der Waals surface area contributed by atoms with E-state index in [1.165, 1.54) is 17.3 Å². The number of ketones is 1. The summed E-state index contributed by atoms with van der Waals surface area (Å²) >= 11 is 1.43. The number of Topliss-reactive ketones (excluding diaryl/α,β-unsaturated/α-hetero) is 1. The van der Waals surface area contributed by atoms with E-state index in [1.54, 1.807) is 7.11 Å². The summed E-state index contributed by atoms with van der Waals surface area (Å²) in [6.07, 6.45) is 3.19. The van der Waals surface area contributed by atoms with Crippen LogP contribution in [0.3, 0.4) is 0 Å². The van der Waals surface area contributed by atoms with Crippen LogP contribution in [0.1, 0.15) is 35.7 Å². The second kappa shape index (κ2) is 10.1. The number of nitrogens with zero attached hydrogens (tertiary/aromatic N) is 3. The molecule has 162 valence electrons. The van der Waals surface area contributed by atoms with Gasteiger partial charge in [0, 0.05) is 17.7 Å². The second-order valence-electron chi connectivity index (χ2n) is 7.54. The van der Waals surface area contributed by atoms with Crippen molar-refractivity contribution in [1.29, 1.82) is 0 Å². The van der Waals surface area contributed by atoms with Gasteiger partial charge in [-0.2, -0.15) is 0 Å². The molecule has 1 aliphatic rings. The molecule has 3 aromatic rings. The molecule has 7 heteroatoms. The van der Waals surface area contributed by atoms with Crippen LogP contribution in [0.25, 0.3) is 11.4 Å². The highest BCUT2D eigenvalue weighted by Crippen LogP contribution is 2.28. The number of ether oxygens (including phenoxy) is 2. The van der Waals surface area contributed by atoms with Gasteiger partial charge in [-0.05, 0) is 49.1 Å². The van der Waals surface area contributed by atoms with Crippen molar-refractivity contribution >= 4 is 17.5 Å². The SMILES string of the molecule is CCc1ccc(C(=O)CSc2nnc(-c3ccc(OC)cc3)n2CC2CCCO2)cc1.